The number of fused-ring (bicyclic) bond motifs is 1. The van der Waals surface area contributed by atoms with E-state index in [0.717, 1.165) is 17.3 Å². The van der Waals surface area contributed by atoms with E-state index in [1.54, 1.807) is 6.20 Å². The first-order valence-corrected chi connectivity index (χ1v) is 6.09. The van der Waals surface area contributed by atoms with Crippen molar-refractivity contribution in [1.29, 1.82) is 5.26 Å². The lowest BCUT2D eigenvalue weighted by molar-refractivity contribution is 0.871. The molecule has 0 bridgehead atoms. The van der Waals surface area contributed by atoms with E-state index < -0.39 is 0 Å². The lowest BCUT2D eigenvalue weighted by Gasteiger charge is -2.16. The molecule has 1 aliphatic carbocycles. The molecule has 0 unspecified atom stereocenters. The van der Waals surface area contributed by atoms with Gasteiger partial charge < -0.3 is 4.90 Å². The van der Waals surface area contributed by atoms with Gasteiger partial charge in [0.25, 0.3) is 0 Å². The number of hydrogen-bond donors (Lipinski definition) is 0. The van der Waals surface area contributed by atoms with Crippen LogP contribution in [-0.2, 0) is 0 Å². The molecule has 1 fully saturated rings. The third-order valence-electron chi connectivity index (χ3n) is 3.20. The van der Waals surface area contributed by atoms with Crippen LogP contribution in [0.15, 0.2) is 12.4 Å². The molecule has 0 aliphatic heterocycles. The lowest BCUT2D eigenvalue weighted by atomic mass is 10.4. The average Bonchev–Trinajstić information content (AvgIpc) is 3.15. The van der Waals surface area contributed by atoms with E-state index in [9.17, 15) is 0 Å². The molecule has 0 amide bonds. The van der Waals surface area contributed by atoms with Crippen molar-refractivity contribution in [2.45, 2.75) is 25.2 Å². The van der Waals surface area contributed by atoms with Gasteiger partial charge in [-0.15, -0.1) is 10.2 Å². The second-order valence-corrected chi connectivity index (χ2v) is 4.61. The third kappa shape index (κ3) is 1.78. The number of hydrogen-bond acceptors (Lipinski definition) is 5. The normalized spacial score (nSPS) is 14.7. The number of nitrogens with zero attached hydrogens (tertiary/aromatic N) is 6. The fourth-order valence-electron chi connectivity index (χ4n) is 2.04. The molecule has 0 N–H and O–H groups in total. The van der Waals surface area contributed by atoms with Crippen molar-refractivity contribution in [3.8, 4) is 6.07 Å². The molecule has 92 valence electrons. The summed E-state index contributed by atoms with van der Waals surface area (Å²) in [6, 6.07) is 2.14. The fraction of sp³-hybridized carbons (Fsp3) is 0.500. The van der Waals surface area contributed by atoms with Gasteiger partial charge in [-0.25, -0.2) is 4.98 Å². The van der Waals surface area contributed by atoms with E-state index in [-0.39, 0.29) is 0 Å². The Bertz CT molecular complexity index is 607. The highest BCUT2D eigenvalue weighted by atomic mass is 15.3. The van der Waals surface area contributed by atoms with Crippen molar-refractivity contribution >= 4 is 11.5 Å². The summed E-state index contributed by atoms with van der Waals surface area (Å²) >= 11 is 0. The second-order valence-electron chi connectivity index (χ2n) is 4.61. The van der Waals surface area contributed by atoms with Gasteiger partial charge in [0, 0.05) is 31.9 Å². The van der Waals surface area contributed by atoms with Crippen LogP contribution in [0.2, 0.25) is 0 Å². The molecule has 0 atom stereocenters. The van der Waals surface area contributed by atoms with Crippen LogP contribution in [0.5, 0.6) is 0 Å². The Morgan fingerprint density at radius 3 is 3.06 bits per heavy atom. The maximum Gasteiger partial charge on any atom is 0.203 e. The van der Waals surface area contributed by atoms with Gasteiger partial charge in [0.05, 0.1) is 12.5 Å². The van der Waals surface area contributed by atoms with Crippen LogP contribution in [-0.4, -0.2) is 33.2 Å². The van der Waals surface area contributed by atoms with Gasteiger partial charge in [-0.1, -0.05) is 0 Å². The molecular weight excluding hydrogens is 228 g/mol. The molecule has 0 saturated heterocycles. The van der Waals surface area contributed by atoms with Gasteiger partial charge in [-0.05, 0) is 12.8 Å². The van der Waals surface area contributed by atoms with Crippen LogP contribution in [0.1, 0.15) is 31.0 Å². The van der Waals surface area contributed by atoms with Gasteiger partial charge in [0.1, 0.15) is 5.82 Å². The molecule has 1 saturated carbocycles. The molecule has 6 heteroatoms. The Morgan fingerprint density at radius 1 is 1.50 bits per heavy atom. The monoisotopic (exact) mass is 242 g/mol. The van der Waals surface area contributed by atoms with Crippen LogP contribution < -0.4 is 4.90 Å². The summed E-state index contributed by atoms with van der Waals surface area (Å²) in [5.41, 5.74) is 0.778. The minimum absolute atomic E-state index is 0.475. The zero-order valence-electron chi connectivity index (χ0n) is 10.2. The van der Waals surface area contributed by atoms with E-state index >= 15 is 0 Å². The summed E-state index contributed by atoms with van der Waals surface area (Å²) in [4.78, 5) is 6.29. The van der Waals surface area contributed by atoms with Gasteiger partial charge in [-0.2, -0.15) is 5.26 Å². The smallest absolute Gasteiger partial charge is 0.203 e. The molecule has 2 aromatic rings. The number of anilines is 1. The van der Waals surface area contributed by atoms with E-state index in [2.05, 4.69) is 21.3 Å². The minimum Gasteiger partial charge on any atom is -0.355 e. The zero-order chi connectivity index (χ0) is 12.5. The minimum atomic E-state index is 0.475. The SMILES string of the molecule is CN(CCC#N)c1nccn2c(C3CC3)nnc12. The van der Waals surface area contributed by atoms with E-state index in [1.807, 2.05) is 22.5 Å². The van der Waals surface area contributed by atoms with E-state index in [4.69, 9.17) is 5.26 Å². The maximum atomic E-state index is 8.63. The summed E-state index contributed by atoms with van der Waals surface area (Å²) in [5.74, 6) is 2.37. The number of rotatable bonds is 4. The standard InChI is InChI=1S/C12H14N6/c1-17(7-2-5-13)11-12-16-15-10(9-3-4-9)18(12)8-6-14-11/h6,8-9H,2-4,7H2,1H3. The van der Waals surface area contributed by atoms with Gasteiger partial charge >= 0.3 is 0 Å². The highest BCUT2D eigenvalue weighted by molar-refractivity contribution is 5.63. The molecule has 18 heavy (non-hydrogen) atoms. The predicted octanol–water partition coefficient (Wildman–Crippen LogP) is 1.35. The molecule has 0 aromatic carbocycles. The Balaban J connectivity index is 1.99. The number of aromatic nitrogens is 4. The molecule has 0 spiro atoms. The van der Waals surface area contributed by atoms with E-state index in [0.29, 0.717) is 18.9 Å². The molecule has 2 heterocycles. The molecule has 3 rings (SSSR count). The molecule has 0 radical (unpaired) electrons. The van der Waals surface area contributed by atoms with Crippen LogP contribution in [0, 0.1) is 11.3 Å². The number of nitriles is 1. The third-order valence-corrected chi connectivity index (χ3v) is 3.20. The van der Waals surface area contributed by atoms with E-state index in [1.165, 1.54) is 12.8 Å². The van der Waals surface area contributed by atoms with Gasteiger partial charge in [0.15, 0.2) is 5.82 Å². The summed E-state index contributed by atoms with van der Waals surface area (Å²) in [6.45, 7) is 0.648. The lowest BCUT2D eigenvalue weighted by Crippen LogP contribution is -2.20. The molecular formula is C12H14N6. The second kappa shape index (κ2) is 4.26. The average molecular weight is 242 g/mol. The Kier molecular flexibility index (Phi) is 2.59. The Hall–Kier alpha value is -2.16. The van der Waals surface area contributed by atoms with Gasteiger partial charge in [-0.3, -0.25) is 4.40 Å². The largest absolute Gasteiger partial charge is 0.355 e. The van der Waals surface area contributed by atoms with Crippen molar-refractivity contribution in [1.82, 2.24) is 19.6 Å². The van der Waals surface area contributed by atoms with Gasteiger partial charge in [0.2, 0.25) is 5.65 Å². The maximum absolute atomic E-state index is 8.63. The topological polar surface area (TPSA) is 70.1 Å². The van der Waals surface area contributed by atoms with Crippen molar-refractivity contribution in [3.63, 3.8) is 0 Å². The summed E-state index contributed by atoms with van der Waals surface area (Å²) in [5, 5.41) is 17.1. The summed E-state index contributed by atoms with van der Waals surface area (Å²) in [7, 11) is 1.92. The van der Waals surface area contributed by atoms with Crippen molar-refractivity contribution in [3.05, 3.63) is 18.2 Å². The molecule has 2 aromatic heterocycles. The van der Waals surface area contributed by atoms with Crippen molar-refractivity contribution in [2.75, 3.05) is 18.5 Å². The highest BCUT2D eigenvalue weighted by Crippen LogP contribution is 2.39. The summed E-state index contributed by atoms with van der Waals surface area (Å²) in [6.07, 6.45) is 6.54. The summed E-state index contributed by atoms with van der Waals surface area (Å²) < 4.78 is 2.02. The predicted molar refractivity (Wildman–Crippen MR) is 66.3 cm³/mol. The molecule has 1 aliphatic rings. The highest BCUT2D eigenvalue weighted by Gasteiger charge is 2.29. The quantitative estimate of drug-likeness (QED) is 0.809. The first-order valence-electron chi connectivity index (χ1n) is 6.09. The zero-order valence-corrected chi connectivity index (χ0v) is 10.2. The van der Waals surface area contributed by atoms with Crippen molar-refractivity contribution in [2.24, 2.45) is 0 Å². The van der Waals surface area contributed by atoms with Crippen LogP contribution in [0.25, 0.3) is 5.65 Å². The van der Waals surface area contributed by atoms with Crippen molar-refractivity contribution < 1.29 is 0 Å². The van der Waals surface area contributed by atoms with Crippen LogP contribution in [0.3, 0.4) is 0 Å². The fourth-order valence-corrected chi connectivity index (χ4v) is 2.04. The Morgan fingerprint density at radius 2 is 2.33 bits per heavy atom. The first-order chi connectivity index (χ1) is 8.81. The Labute approximate surface area is 105 Å². The molecule has 6 nitrogen and oxygen atoms in total. The van der Waals surface area contributed by atoms with Crippen LogP contribution >= 0.6 is 0 Å². The van der Waals surface area contributed by atoms with Crippen LogP contribution in [0.4, 0.5) is 5.82 Å². The first kappa shape index (κ1) is 11.0.